The Morgan fingerprint density at radius 3 is 2.45 bits per heavy atom. The second kappa shape index (κ2) is 5.75. The third-order valence-corrected chi connectivity index (χ3v) is 4.16. The lowest BCUT2D eigenvalue weighted by molar-refractivity contribution is -0.144. The van der Waals surface area contributed by atoms with Gasteiger partial charge in [0.1, 0.15) is 0 Å². The largest absolute Gasteiger partial charge is 0.434 e. The molecule has 4 nitrogen and oxygen atoms in total. The van der Waals surface area contributed by atoms with Crippen molar-refractivity contribution >= 4 is 21.8 Å². The molecule has 0 aliphatic heterocycles. The van der Waals surface area contributed by atoms with E-state index in [0.29, 0.717) is 4.68 Å². The molecule has 0 saturated heterocycles. The van der Waals surface area contributed by atoms with Crippen LogP contribution in [0.3, 0.4) is 0 Å². The summed E-state index contributed by atoms with van der Waals surface area (Å²) in [6.45, 7) is 0. The lowest BCUT2D eigenvalue weighted by Gasteiger charge is -2.22. The van der Waals surface area contributed by atoms with Gasteiger partial charge in [-0.2, -0.15) is 18.3 Å². The fraction of sp³-hybridized carbons (Fsp3) is 0.667. The monoisotopic (exact) mass is 353 g/mol. The first-order valence-electron chi connectivity index (χ1n) is 6.41. The number of alkyl halides is 3. The van der Waals surface area contributed by atoms with Crippen LogP contribution in [-0.4, -0.2) is 21.7 Å². The third kappa shape index (κ3) is 3.16. The van der Waals surface area contributed by atoms with Crippen LogP contribution in [0.2, 0.25) is 0 Å². The third-order valence-electron chi connectivity index (χ3n) is 3.41. The van der Waals surface area contributed by atoms with Gasteiger partial charge in [0.15, 0.2) is 11.4 Å². The molecule has 1 aliphatic carbocycles. The summed E-state index contributed by atoms with van der Waals surface area (Å²) in [6.07, 6.45) is 0.372. The van der Waals surface area contributed by atoms with E-state index >= 15 is 0 Å². The molecule has 1 N–H and O–H groups in total. The SMILES string of the molecule is Cn1nc(C(=O)NC2CCCCC2)c(Br)c1C(F)(F)F. The molecule has 0 unspecified atom stereocenters. The Balaban J connectivity index is 2.18. The van der Waals surface area contributed by atoms with Gasteiger partial charge in [0.25, 0.3) is 5.91 Å². The highest BCUT2D eigenvalue weighted by Gasteiger charge is 2.39. The van der Waals surface area contributed by atoms with Gasteiger partial charge in [0, 0.05) is 13.1 Å². The van der Waals surface area contributed by atoms with Crippen LogP contribution in [0.1, 0.15) is 48.3 Å². The molecule has 0 spiro atoms. The standard InChI is InChI=1S/C12H15BrF3N3O/c1-19-10(12(14,15)16)8(13)9(18-19)11(20)17-7-5-3-2-4-6-7/h7H,2-6H2,1H3,(H,17,20). The molecule has 0 atom stereocenters. The zero-order valence-electron chi connectivity index (χ0n) is 10.9. The van der Waals surface area contributed by atoms with Gasteiger partial charge in [-0.3, -0.25) is 9.48 Å². The van der Waals surface area contributed by atoms with Crippen LogP contribution in [0, 0.1) is 0 Å². The maximum atomic E-state index is 12.8. The Kier molecular flexibility index (Phi) is 4.41. The lowest BCUT2D eigenvalue weighted by atomic mass is 9.95. The van der Waals surface area contributed by atoms with Crippen LogP contribution >= 0.6 is 15.9 Å². The molecule has 1 saturated carbocycles. The van der Waals surface area contributed by atoms with Gasteiger partial charge >= 0.3 is 6.18 Å². The van der Waals surface area contributed by atoms with Gasteiger partial charge in [-0.25, -0.2) is 0 Å². The van der Waals surface area contributed by atoms with E-state index in [2.05, 4.69) is 26.3 Å². The van der Waals surface area contributed by atoms with E-state index in [1.807, 2.05) is 0 Å². The summed E-state index contributed by atoms with van der Waals surface area (Å²) in [5.41, 5.74) is -1.17. The summed E-state index contributed by atoms with van der Waals surface area (Å²) in [4.78, 5) is 12.0. The summed E-state index contributed by atoms with van der Waals surface area (Å²) < 4.78 is 38.8. The Hall–Kier alpha value is -1.05. The van der Waals surface area contributed by atoms with E-state index in [9.17, 15) is 18.0 Å². The fourth-order valence-electron chi connectivity index (χ4n) is 2.45. The van der Waals surface area contributed by atoms with E-state index in [1.54, 1.807) is 0 Å². The number of amides is 1. The number of nitrogens with one attached hydrogen (secondary N) is 1. The molecule has 112 valence electrons. The molecule has 1 heterocycles. The Labute approximate surface area is 122 Å². The molecular formula is C12H15BrF3N3O. The number of hydrogen-bond donors (Lipinski definition) is 1. The maximum absolute atomic E-state index is 12.8. The highest BCUT2D eigenvalue weighted by atomic mass is 79.9. The van der Waals surface area contributed by atoms with Crippen LogP contribution in [0.4, 0.5) is 13.2 Å². The summed E-state index contributed by atoms with van der Waals surface area (Å²) in [7, 11) is 1.17. The van der Waals surface area contributed by atoms with Crippen molar-refractivity contribution in [3.8, 4) is 0 Å². The molecule has 1 aromatic rings. The van der Waals surface area contributed by atoms with E-state index in [4.69, 9.17) is 0 Å². The van der Waals surface area contributed by atoms with Crippen LogP contribution in [0.5, 0.6) is 0 Å². The zero-order chi connectivity index (χ0) is 14.9. The second-order valence-corrected chi connectivity index (χ2v) is 5.73. The first-order chi connectivity index (χ1) is 9.30. The van der Waals surface area contributed by atoms with Gasteiger partial charge in [-0.05, 0) is 28.8 Å². The summed E-state index contributed by atoms with van der Waals surface area (Å²) in [5.74, 6) is -0.560. The van der Waals surface area contributed by atoms with Crippen molar-refractivity contribution in [2.45, 2.75) is 44.3 Å². The molecular weight excluding hydrogens is 339 g/mol. The van der Waals surface area contributed by atoms with Crippen molar-refractivity contribution in [1.82, 2.24) is 15.1 Å². The van der Waals surface area contributed by atoms with Crippen molar-refractivity contribution < 1.29 is 18.0 Å². The van der Waals surface area contributed by atoms with E-state index in [0.717, 1.165) is 32.1 Å². The average molecular weight is 354 g/mol. The molecule has 1 fully saturated rings. The van der Waals surface area contributed by atoms with Crippen molar-refractivity contribution in [2.24, 2.45) is 7.05 Å². The van der Waals surface area contributed by atoms with Crippen molar-refractivity contribution in [3.63, 3.8) is 0 Å². The van der Waals surface area contributed by atoms with E-state index in [-0.39, 0.29) is 16.2 Å². The summed E-state index contributed by atoms with van der Waals surface area (Å²) in [6, 6.07) is 0.0273. The average Bonchev–Trinajstić information content (AvgIpc) is 2.65. The van der Waals surface area contributed by atoms with Crippen molar-refractivity contribution in [1.29, 1.82) is 0 Å². The Morgan fingerprint density at radius 2 is 1.95 bits per heavy atom. The Bertz CT molecular complexity index is 507. The van der Waals surface area contributed by atoms with Gasteiger partial charge in [-0.15, -0.1) is 0 Å². The van der Waals surface area contributed by atoms with Crippen LogP contribution < -0.4 is 5.32 Å². The smallest absolute Gasteiger partial charge is 0.348 e. The number of carbonyl (C=O) groups is 1. The topological polar surface area (TPSA) is 46.9 Å². The van der Waals surface area contributed by atoms with Crippen molar-refractivity contribution in [2.75, 3.05) is 0 Å². The molecule has 20 heavy (non-hydrogen) atoms. The van der Waals surface area contributed by atoms with Crippen LogP contribution in [0.25, 0.3) is 0 Å². The van der Waals surface area contributed by atoms with Crippen LogP contribution in [-0.2, 0) is 13.2 Å². The minimum atomic E-state index is -4.55. The zero-order valence-corrected chi connectivity index (χ0v) is 12.5. The highest BCUT2D eigenvalue weighted by molar-refractivity contribution is 9.10. The van der Waals surface area contributed by atoms with E-state index in [1.165, 1.54) is 7.05 Å². The van der Waals surface area contributed by atoms with Crippen LogP contribution in [0.15, 0.2) is 4.47 Å². The molecule has 1 aromatic heterocycles. The number of carbonyl (C=O) groups excluding carboxylic acids is 1. The molecule has 0 aromatic carbocycles. The van der Waals surface area contributed by atoms with E-state index < -0.39 is 17.8 Å². The number of rotatable bonds is 2. The first-order valence-corrected chi connectivity index (χ1v) is 7.20. The number of aromatic nitrogens is 2. The minimum absolute atomic E-state index is 0.0273. The normalized spacial score (nSPS) is 17.2. The lowest BCUT2D eigenvalue weighted by Crippen LogP contribution is -2.36. The minimum Gasteiger partial charge on any atom is -0.348 e. The molecule has 0 bridgehead atoms. The fourth-order valence-corrected chi connectivity index (χ4v) is 3.19. The molecule has 2 rings (SSSR count). The highest BCUT2D eigenvalue weighted by Crippen LogP contribution is 2.36. The molecule has 0 radical (unpaired) electrons. The molecule has 8 heteroatoms. The Morgan fingerprint density at radius 1 is 1.35 bits per heavy atom. The molecule has 1 aliphatic rings. The summed E-state index contributed by atoms with van der Waals surface area (Å²) in [5, 5.41) is 6.44. The summed E-state index contributed by atoms with van der Waals surface area (Å²) >= 11 is 2.84. The first kappa shape index (κ1) is 15.3. The predicted octanol–water partition coefficient (Wildman–Crippen LogP) is 3.26. The number of aryl methyl sites for hydroxylation is 1. The van der Waals surface area contributed by atoms with Gasteiger partial charge in [0.05, 0.1) is 4.47 Å². The predicted molar refractivity (Wildman–Crippen MR) is 70.2 cm³/mol. The second-order valence-electron chi connectivity index (χ2n) is 4.94. The quantitative estimate of drug-likeness (QED) is 0.886. The molecule has 1 amide bonds. The number of nitrogens with zero attached hydrogens (tertiary/aromatic N) is 2. The maximum Gasteiger partial charge on any atom is 0.434 e. The number of hydrogen-bond acceptors (Lipinski definition) is 2. The number of halogens is 4. The van der Waals surface area contributed by atoms with Gasteiger partial charge in [-0.1, -0.05) is 19.3 Å². The van der Waals surface area contributed by atoms with Gasteiger partial charge < -0.3 is 5.32 Å². The van der Waals surface area contributed by atoms with Crippen molar-refractivity contribution in [3.05, 3.63) is 15.9 Å². The van der Waals surface area contributed by atoms with Gasteiger partial charge in [0.2, 0.25) is 0 Å².